The summed E-state index contributed by atoms with van der Waals surface area (Å²) in [5.41, 5.74) is 0. The number of likely N-dealkylation sites (tertiary alicyclic amines) is 1. The molecule has 1 aromatic rings. The molecule has 0 aromatic carbocycles. The van der Waals surface area contributed by atoms with Crippen LogP contribution in [0, 0.1) is 5.92 Å². The molecule has 2 rings (SSSR count). The predicted molar refractivity (Wildman–Crippen MR) is 88.0 cm³/mol. The summed E-state index contributed by atoms with van der Waals surface area (Å²) in [5.74, 6) is 3.50. The van der Waals surface area contributed by atoms with E-state index in [4.69, 9.17) is 9.52 Å². The van der Waals surface area contributed by atoms with Gasteiger partial charge in [0.05, 0.1) is 6.54 Å². The maximum absolute atomic E-state index is 5.27. The van der Waals surface area contributed by atoms with Crippen molar-refractivity contribution in [3.8, 4) is 0 Å². The fourth-order valence-corrected chi connectivity index (χ4v) is 2.67. The third kappa shape index (κ3) is 4.71. The number of nitrogens with zero attached hydrogens (tertiary/aromatic N) is 4. The van der Waals surface area contributed by atoms with E-state index in [0.29, 0.717) is 24.8 Å². The Kier molecular flexibility index (Phi) is 6.21. The highest BCUT2D eigenvalue weighted by Gasteiger charge is 2.19. The molecule has 1 unspecified atom stereocenters. The van der Waals surface area contributed by atoms with E-state index in [1.165, 1.54) is 12.8 Å². The number of piperidine rings is 1. The first-order valence-corrected chi connectivity index (χ1v) is 8.45. The molecule has 2 heterocycles. The van der Waals surface area contributed by atoms with E-state index in [2.05, 4.69) is 48.1 Å². The summed E-state index contributed by atoms with van der Waals surface area (Å²) in [4.78, 5) is 11.5. The van der Waals surface area contributed by atoms with Crippen LogP contribution < -0.4 is 5.32 Å². The molecule has 0 spiro atoms. The fourth-order valence-electron chi connectivity index (χ4n) is 2.67. The van der Waals surface area contributed by atoms with E-state index in [9.17, 15) is 0 Å². The first-order valence-electron chi connectivity index (χ1n) is 8.45. The normalized spacial score (nSPS) is 19.8. The molecule has 1 aliphatic heterocycles. The Morgan fingerprint density at radius 2 is 2.32 bits per heavy atom. The van der Waals surface area contributed by atoms with Gasteiger partial charge in [0.15, 0.2) is 11.8 Å². The van der Waals surface area contributed by atoms with Crippen LogP contribution in [0.2, 0.25) is 0 Å². The second-order valence-corrected chi connectivity index (χ2v) is 6.38. The molecule has 1 fully saturated rings. The number of rotatable bonds is 5. The van der Waals surface area contributed by atoms with Gasteiger partial charge in [-0.05, 0) is 25.7 Å². The molecule has 6 nitrogen and oxygen atoms in total. The van der Waals surface area contributed by atoms with Gasteiger partial charge in [-0.2, -0.15) is 4.98 Å². The highest BCUT2D eigenvalue weighted by atomic mass is 16.5. The number of guanidine groups is 1. The molecule has 1 aromatic heterocycles. The summed E-state index contributed by atoms with van der Waals surface area (Å²) >= 11 is 0. The van der Waals surface area contributed by atoms with Gasteiger partial charge in [0.1, 0.15) is 0 Å². The van der Waals surface area contributed by atoms with Gasteiger partial charge in [0.25, 0.3) is 0 Å². The minimum absolute atomic E-state index is 0.299. The van der Waals surface area contributed by atoms with Crippen molar-refractivity contribution in [3.05, 3.63) is 11.7 Å². The van der Waals surface area contributed by atoms with Crippen molar-refractivity contribution in [1.29, 1.82) is 0 Å². The lowest BCUT2D eigenvalue weighted by Gasteiger charge is -2.33. The van der Waals surface area contributed by atoms with Gasteiger partial charge in [-0.3, -0.25) is 4.99 Å². The molecule has 1 aliphatic rings. The van der Waals surface area contributed by atoms with Crippen LogP contribution in [0.5, 0.6) is 0 Å². The summed E-state index contributed by atoms with van der Waals surface area (Å²) in [6, 6.07) is 0. The lowest BCUT2D eigenvalue weighted by molar-refractivity contribution is 0.266. The molecule has 124 valence electrons. The third-order valence-electron chi connectivity index (χ3n) is 3.88. The first-order chi connectivity index (χ1) is 10.6. The van der Waals surface area contributed by atoms with Crippen LogP contribution >= 0.6 is 0 Å². The average Bonchev–Trinajstić information content (AvgIpc) is 2.95. The van der Waals surface area contributed by atoms with E-state index in [1.807, 2.05) is 0 Å². The molecule has 22 heavy (non-hydrogen) atoms. The summed E-state index contributed by atoms with van der Waals surface area (Å²) in [6.45, 7) is 12.3. The Bertz CT molecular complexity index is 483. The summed E-state index contributed by atoms with van der Waals surface area (Å²) in [6.07, 6.45) is 3.25. The second kappa shape index (κ2) is 8.15. The fraction of sp³-hybridized carbons (Fsp3) is 0.812. The van der Waals surface area contributed by atoms with E-state index >= 15 is 0 Å². The van der Waals surface area contributed by atoms with Crippen molar-refractivity contribution in [3.63, 3.8) is 0 Å². The number of aromatic nitrogens is 2. The monoisotopic (exact) mass is 307 g/mol. The van der Waals surface area contributed by atoms with E-state index < -0.39 is 0 Å². The highest BCUT2D eigenvalue weighted by Crippen LogP contribution is 2.15. The molecule has 6 heteroatoms. The zero-order valence-electron chi connectivity index (χ0n) is 14.3. The molecule has 1 N–H and O–H groups in total. The second-order valence-electron chi connectivity index (χ2n) is 6.38. The van der Waals surface area contributed by atoms with Crippen molar-refractivity contribution >= 4 is 5.96 Å². The third-order valence-corrected chi connectivity index (χ3v) is 3.88. The summed E-state index contributed by atoms with van der Waals surface area (Å²) in [5, 5.41) is 7.38. The molecule has 0 saturated carbocycles. The van der Waals surface area contributed by atoms with Crippen LogP contribution in [0.15, 0.2) is 9.52 Å². The largest absolute Gasteiger partial charge is 0.357 e. The predicted octanol–water partition coefficient (Wildman–Crippen LogP) is 2.43. The molecule has 1 saturated heterocycles. The topological polar surface area (TPSA) is 66.5 Å². The van der Waals surface area contributed by atoms with Gasteiger partial charge in [-0.15, -0.1) is 0 Å². The molecule has 0 amide bonds. The van der Waals surface area contributed by atoms with Gasteiger partial charge in [-0.25, -0.2) is 0 Å². The first kappa shape index (κ1) is 16.8. The lowest BCUT2D eigenvalue weighted by atomic mass is 10.0. The van der Waals surface area contributed by atoms with E-state index in [-0.39, 0.29) is 0 Å². The van der Waals surface area contributed by atoms with Gasteiger partial charge in [-0.1, -0.05) is 25.9 Å². The van der Waals surface area contributed by atoms with Gasteiger partial charge < -0.3 is 14.7 Å². The van der Waals surface area contributed by atoms with Crippen LogP contribution in [0.4, 0.5) is 0 Å². The van der Waals surface area contributed by atoms with E-state index in [1.54, 1.807) is 0 Å². The van der Waals surface area contributed by atoms with Crippen molar-refractivity contribution in [2.24, 2.45) is 10.9 Å². The van der Waals surface area contributed by atoms with Gasteiger partial charge in [0.2, 0.25) is 5.89 Å². The molecular weight excluding hydrogens is 278 g/mol. The lowest BCUT2D eigenvalue weighted by Crippen LogP contribution is -2.46. The highest BCUT2D eigenvalue weighted by molar-refractivity contribution is 5.80. The smallest absolute Gasteiger partial charge is 0.228 e. The Morgan fingerprint density at radius 3 is 2.95 bits per heavy atom. The Hall–Kier alpha value is -1.59. The maximum Gasteiger partial charge on any atom is 0.228 e. The zero-order chi connectivity index (χ0) is 15.9. The van der Waals surface area contributed by atoms with Gasteiger partial charge >= 0.3 is 0 Å². The number of hydrogen-bond acceptors (Lipinski definition) is 4. The minimum Gasteiger partial charge on any atom is -0.357 e. The Morgan fingerprint density at radius 1 is 1.50 bits per heavy atom. The van der Waals surface area contributed by atoms with E-state index in [0.717, 1.165) is 37.3 Å². The van der Waals surface area contributed by atoms with Crippen molar-refractivity contribution < 1.29 is 4.52 Å². The van der Waals surface area contributed by atoms with Crippen LogP contribution in [0.3, 0.4) is 0 Å². The quantitative estimate of drug-likeness (QED) is 0.668. The summed E-state index contributed by atoms with van der Waals surface area (Å²) in [7, 11) is 0. The van der Waals surface area contributed by atoms with Crippen LogP contribution in [-0.4, -0.2) is 47.2 Å². The molecular formula is C16H29N5O. The SMILES string of the molecule is CCNC(=NCCc1nc(C(C)C)no1)N1CCCC(C)C1. The maximum atomic E-state index is 5.27. The van der Waals surface area contributed by atoms with Crippen LogP contribution in [-0.2, 0) is 6.42 Å². The van der Waals surface area contributed by atoms with Gasteiger partial charge in [0, 0.05) is 32.0 Å². The van der Waals surface area contributed by atoms with Crippen molar-refractivity contribution in [2.75, 3.05) is 26.2 Å². The number of hydrogen-bond donors (Lipinski definition) is 1. The van der Waals surface area contributed by atoms with Crippen LogP contribution in [0.25, 0.3) is 0 Å². The standard InChI is InChI=1S/C16H29N5O/c1-5-17-16(21-10-6-7-13(4)11-21)18-9-8-14-19-15(12(2)3)20-22-14/h12-13H,5-11H2,1-4H3,(H,17,18). The molecule has 1 atom stereocenters. The molecule has 0 radical (unpaired) electrons. The van der Waals surface area contributed by atoms with Crippen molar-refractivity contribution in [2.45, 2.75) is 52.9 Å². The summed E-state index contributed by atoms with van der Waals surface area (Å²) < 4.78 is 5.27. The minimum atomic E-state index is 0.299. The zero-order valence-corrected chi connectivity index (χ0v) is 14.3. The molecule has 0 bridgehead atoms. The Labute approximate surface area is 133 Å². The van der Waals surface area contributed by atoms with Crippen molar-refractivity contribution in [1.82, 2.24) is 20.4 Å². The molecule has 0 aliphatic carbocycles. The number of nitrogens with one attached hydrogen (secondary N) is 1. The number of aliphatic imine (C=N–C) groups is 1. The Balaban J connectivity index is 1.91. The average molecular weight is 307 g/mol. The van der Waals surface area contributed by atoms with Crippen LogP contribution in [0.1, 0.15) is 58.2 Å².